The minimum Gasteiger partial charge on any atom is -0.309 e. The summed E-state index contributed by atoms with van der Waals surface area (Å²) in [4.78, 5) is 8.38. The molecule has 1 aromatic rings. The van der Waals surface area contributed by atoms with Crippen molar-refractivity contribution in [3.63, 3.8) is 0 Å². The van der Waals surface area contributed by atoms with E-state index in [-0.39, 0.29) is 0 Å². The first-order valence-electron chi connectivity index (χ1n) is 6.18. The molecule has 0 radical (unpaired) electrons. The molecule has 0 spiro atoms. The second kappa shape index (κ2) is 4.43. The fourth-order valence-electron chi connectivity index (χ4n) is 2.91. The number of thiazole rings is 1. The lowest BCUT2D eigenvalue weighted by atomic mass is 9.94. The number of aromatic nitrogens is 1. The van der Waals surface area contributed by atoms with Gasteiger partial charge in [0, 0.05) is 36.6 Å². The third-order valence-electron chi connectivity index (χ3n) is 3.75. The first-order chi connectivity index (χ1) is 7.81. The summed E-state index contributed by atoms with van der Waals surface area (Å²) in [6.45, 7) is 5.65. The molecule has 1 N–H and O–H groups in total. The zero-order chi connectivity index (χ0) is 11.0. The molecule has 2 bridgehead atoms. The number of piperidine rings is 1. The molecule has 0 saturated carbocycles. The zero-order valence-electron chi connectivity index (χ0n) is 9.78. The van der Waals surface area contributed by atoms with Crippen LogP contribution in [0.3, 0.4) is 0 Å². The van der Waals surface area contributed by atoms with Crippen LogP contribution >= 0.6 is 11.3 Å². The number of aryl methyl sites for hydroxylation is 1. The van der Waals surface area contributed by atoms with Crippen LogP contribution in [-0.2, 0) is 6.54 Å². The minimum atomic E-state index is 0.737. The fraction of sp³-hybridized carbons (Fsp3) is 0.750. The molecule has 2 unspecified atom stereocenters. The number of nitrogens with zero attached hydrogens (tertiary/aromatic N) is 2. The molecule has 2 aliphatic rings. The maximum absolute atomic E-state index is 4.33. The number of hydrogen-bond donors (Lipinski definition) is 1. The van der Waals surface area contributed by atoms with Gasteiger partial charge in [0.25, 0.3) is 0 Å². The van der Waals surface area contributed by atoms with Crippen LogP contribution in [0.4, 0.5) is 0 Å². The third kappa shape index (κ3) is 2.14. The molecule has 4 heteroatoms. The predicted octanol–water partition coefficient (Wildman–Crippen LogP) is 1.78. The van der Waals surface area contributed by atoms with Gasteiger partial charge in [0.1, 0.15) is 0 Å². The molecule has 2 fully saturated rings. The van der Waals surface area contributed by atoms with Gasteiger partial charge < -0.3 is 5.32 Å². The molecule has 3 heterocycles. The average molecular weight is 237 g/mol. The van der Waals surface area contributed by atoms with Crippen molar-refractivity contribution in [2.75, 3.05) is 13.1 Å². The predicted molar refractivity (Wildman–Crippen MR) is 66.7 cm³/mol. The van der Waals surface area contributed by atoms with E-state index in [1.54, 1.807) is 11.3 Å². The summed E-state index contributed by atoms with van der Waals surface area (Å²) in [6, 6.07) is 1.47. The minimum absolute atomic E-state index is 0.737. The van der Waals surface area contributed by atoms with Gasteiger partial charge >= 0.3 is 0 Å². The van der Waals surface area contributed by atoms with Crippen LogP contribution in [0, 0.1) is 6.92 Å². The molecule has 88 valence electrons. The third-order valence-corrected chi connectivity index (χ3v) is 4.67. The van der Waals surface area contributed by atoms with Crippen molar-refractivity contribution in [1.29, 1.82) is 0 Å². The van der Waals surface area contributed by atoms with Gasteiger partial charge in [0.05, 0.1) is 11.2 Å². The van der Waals surface area contributed by atoms with Crippen molar-refractivity contribution >= 4 is 11.3 Å². The Hall–Kier alpha value is -0.450. The van der Waals surface area contributed by atoms with Gasteiger partial charge in [-0.2, -0.15) is 0 Å². The van der Waals surface area contributed by atoms with Crippen molar-refractivity contribution in [2.45, 2.75) is 44.8 Å². The molecule has 2 saturated heterocycles. The number of nitrogens with one attached hydrogen (secondary N) is 1. The van der Waals surface area contributed by atoms with E-state index in [0.29, 0.717) is 0 Å². The Labute approximate surface area is 101 Å². The summed E-state index contributed by atoms with van der Waals surface area (Å²) in [5, 5.41) is 3.72. The van der Waals surface area contributed by atoms with E-state index in [9.17, 15) is 0 Å². The normalized spacial score (nSPS) is 30.6. The van der Waals surface area contributed by atoms with Crippen LogP contribution in [0.25, 0.3) is 0 Å². The molecule has 3 rings (SSSR count). The molecule has 1 aromatic heterocycles. The topological polar surface area (TPSA) is 28.2 Å². The van der Waals surface area contributed by atoms with Crippen LogP contribution in [0.2, 0.25) is 0 Å². The van der Waals surface area contributed by atoms with Crippen LogP contribution in [0.15, 0.2) is 5.51 Å². The Morgan fingerprint density at radius 2 is 2.19 bits per heavy atom. The molecule has 0 amide bonds. The Balaban J connectivity index is 1.65. The summed E-state index contributed by atoms with van der Waals surface area (Å²) in [5.41, 5.74) is 3.18. The number of rotatable bonds is 2. The second-order valence-electron chi connectivity index (χ2n) is 5.05. The van der Waals surface area contributed by atoms with Crippen LogP contribution in [0.1, 0.15) is 29.8 Å². The van der Waals surface area contributed by atoms with Gasteiger partial charge in [-0.1, -0.05) is 6.42 Å². The highest BCUT2D eigenvalue weighted by Gasteiger charge is 2.29. The van der Waals surface area contributed by atoms with Crippen LogP contribution in [0.5, 0.6) is 0 Å². The molecule has 2 aliphatic heterocycles. The lowest BCUT2D eigenvalue weighted by Gasteiger charge is -2.42. The summed E-state index contributed by atoms with van der Waals surface area (Å²) in [6.07, 6.45) is 4.12. The largest absolute Gasteiger partial charge is 0.309 e. The Morgan fingerprint density at radius 3 is 2.81 bits per heavy atom. The quantitative estimate of drug-likeness (QED) is 0.850. The van der Waals surface area contributed by atoms with Crippen molar-refractivity contribution in [3.8, 4) is 0 Å². The monoisotopic (exact) mass is 237 g/mol. The molecule has 2 atom stereocenters. The highest BCUT2D eigenvalue weighted by Crippen LogP contribution is 2.22. The second-order valence-corrected chi connectivity index (χ2v) is 5.99. The highest BCUT2D eigenvalue weighted by atomic mass is 32.1. The molecule has 0 aliphatic carbocycles. The smallest absolute Gasteiger partial charge is 0.0798 e. The van der Waals surface area contributed by atoms with Gasteiger partial charge in [-0.25, -0.2) is 4.98 Å². The Kier molecular flexibility index (Phi) is 2.96. The van der Waals surface area contributed by atoms with E-state index < -0.39 is 0 Å². The number of likely N-dealkylation sites (tertiary alicyclic amines) is 1. The Morgan fingerprint density at radius 1 is 1.44 bits per heavy atom. The van der Waals surface area contributed by atoms with Crippen LogP contribution < -0.4 is 5.32 Å². The molecule has 3 nitrogen and oxygen atoms in total. The van der Waals surface area contributed by atoms with E-state index in [4.69, 9.17) is 0 Å². The summed E-state index contributed by atoms with van der Waals surface area (Å²) >= 11 is 1.80. The van der Waals surface area contributed by atoms with Crippen molar-refractivity contribution in [1.82, 2.24) is 15.2 Å². The van der Waals surface area contributed by atoms with E-state index >= 15 is 0 Å². The van der Waals surface area contributed by atoms with Gasteiger partial charge in [-0.3, -0.25) is 4.90 Å². The first kappa shape index (κ1) is 10.7. The van der Waals surface area contributed by atoms with Crippen LogP contribution in [-0.4, -0.2) is 35.1 Å². The van der Waals surface area contributed by atoms with E-state index in [2.05, 4.69) is 22.1 Å². The van der Waals surface area contributed by atoms with Gasteiger partial charge in [0.2, 0.25) is 0 Å². The summed E-state index contributed by atoms with van der Waals surface area (Å²) in [5.74, 6) is 0. The standard InChI is InChI=1S/C12H19N3S/c1-9-12(16-8-13-9)7-15-5-10-3-2-4-11(6-15)14-10/h8,10-11,14H,2-7H2,1H3. The van der Waals surface area contributed by atoms with E-state index in [1.165, 1.54) is 42.9 Å². The molecular formula is C12H19N3S. The SMILES string of the molecule is Cc1ncsc1CN1CC2CCCC(C1)N2. The Bertz CT molecular complexity index is 351. The zero-order valence-corrected chi connectivity index (χ0v) is 10.6. The number of hydrogen-bond acceptors (Lipinski definition) is 4. The summed E-state index contributed by atoms with van der Waals surface area (Å²) < 4.78 is 0. The van der Waals surface area contributed by atoms with Crippen molar-refractivity contribution < 1.29 is 0 Å². The molecule has 0 aromatic carbocycles. The van der Waals surface area contributed by atoms with E-state index in [1.807, 2.05) is 5.51 Å². The van der Waals surface area contributed by atoms with Gasteiger partial charge in [-0.05, 0) is 19.8 Å². The summed E-state index contributed by atoms with van der Waals surface area (Å²) in [7, 11) is 0. The maximum Gasteiger partial charge on any atom is 0.0798 e. The van der Waals surface area contributed by atoms with Crippen molar-refractivity contribution in [3.05, 3.63) is 16.1 Å². The average Bonchev–Trinajstić information content (AvgIpc) is 2.64. The van der Waals surface area contributed by atoms with E-state index in [0.717, 1.165) is 18.6 Å². The maximum atomic E-state index is 4.33. The van der Waals surface area contributed by atoms with Crippen molar-refractivity contribution in [2.24, 2.45) is 0 Å². The fourth-order valence-corrected chi connectivity index (χ4v) is 3.73. The van der Waals surface area contributed by atoms with Gasteiger partial charge in [-0.15, -0.1) is 11.3 Å². The first-order valence-corrected chi connectivity index (χ1v) is 7.06. The number of fused-ring (bicyclic) bond motifs is 2. The highest BCUT2D eigenvalue weighted by molar-refractivity contribution is 7.09. The lowest BCUT2D eigenvalue weighted by Crippen LogP contribution is -2.58. The molecular weight excluding hydrogens is 218 g/mol. The number of piperazine rings is 1. The molecule has 16 heavy (non-hydrogen) atoms. The van der Waals surface area contributed by atoms with Gasteiger partial charge in [0.15, 0.2) is 0 Å². The lowest BCUT2D eigenvalue weighted by molar-refractivity contribution is 0.120.